The number of carbonyl (C=O) groups is 1. The topological polar surface area (TPSA) is 66.8 Å². The van der Waals surface area contributed by atoms with E-state index in [4.69, 9.17) is 4.74 Å². The molecule has 4 heteroatoms. The number of rotatable bonds is 4. The summed E-state index contributed by atoms with van der Waals surface area (Å²) in [5.74, 6) is -0.198. The minimum absolute atomic E-state index is 0.288. The zero-order valence-electron chi connectivity index (χ0n) is 13.8. The van der Waals surface area contributed by atoms with Crippen LogP contribution in [-0.4, -0.2) is 16.2 Å². The predicted molar refractivity (Wildman–Crippen MR) is 88.3 cm³/mol. The number of ether oxygens (including phenoxy) is 1. The third-order valence-electron chi connectivity index (χ3n) is 3.54. The van der Waals surface area contributed by atoms with Crippen LogP contribution in [0.2, 0.25) is 0 Å². The molecule has 0 heterocycles. The van der Waals surface area contributed by atoms with Crippen LogP contribution in [0.25, 0.3) is 0 Å². The van der Waals surface area contributed by atoms with Crippen LogP contribution < -0.4 is 4.74 Å². The Balaban J connectivity index is 2.40. The zero-order valence-corrected chi connectivity index (χ0v) is 13.8. The molecule has 2 N–H and O–H groups in total. The second-order valence-electron chi connectivity index (χ2n) is 6.62. The normalized spacial score (nSPS) is 12.1. The van der Waals surface area contributed by atoms with Gasteiger partial charge in [-0.2, -0.15) is 0 Å². The lowest BCUT2D eigenvalue weighted by molar-refractivity contribution is 0.0673. The molecule has 2 rings (SSSR count). The Kier molecular flexibility index (Phi) is 4.59. The van der Waals surface area contributed by atoms with Crippen molar-refractivity contribution in [2.75, 3.05) is 0 Å². The van der Waals surface area contributed by atoms with Crippen LogP contribution in [-0.2, 0) is 11.2 Å². The summed E-state index contributed by atoms with van der Waals surface area (Å²) in [5, 5.41) is 20.5. The maximum atomic E-state index is 12.2. The largest absolute Gasteiger partial charge is 0.423 e. The molecule has 0 fully saturated rings. The van der Waals surface area contributed by atoms with E-state index in [1.54, 1.807) is 70.2 Å². The van der Waals surface area contributed by atoms with Crippen molar-refractivity contribution in [2.45, 2.75) is 38.9 Å². The van der Waals surface area contributed by atoms with Gasteiger partial charge in [0.15, 0.2) is 0 Å². The lowest BCUT2D eigenvalue weighted by Gasteiger charge is -2.24. The molecule has 0 aliphatic rings. The maximum absolute atomic E-state index is 12.2. The van der Waals surface area contributed by atoms with E-state index in [0.29, 0.717) is 16.7 Å². The summed E-state index contributed by atoms with van der Waals surface area (Å²) >= 11 is 0. The molecule has 0 saturated carbocycles. The molecular formula is C19H22O4. The highest BCUT2D eigenvalue weighted by molar-refractivity contribution is 5.91. The second kappa shape index (κ2) is 6.14. The van der Waals surface area contributed by atoms with E-state index in [1.165, 1.54) is 0 Å². The number of hydrogen-bond donors (Lipinski definition) is 2. The summed E-state index contributed by atoms with van der Waals surface area (Å²) in [4.78, 5) is 12.2. The van der Waals surface area contributed by atoms with Crippen LogP contribution in [0.15, 0.2) is 48.5 Å². The summed E-state index contributed by atoms with van der Waals surface area (Å²) in [7, 11) is 0. The third-order valence-corrected chi connectivity index (χ3v) is 3.54. The number of benzene rings is 2. The molecule has 122 valence electrons. The Bertz CT molecular complexity index is 659. The van der Waals surface area contributed by atoms with Crippen molar-refractivity contribution in [2.24, 2.45) is 0 Å². The van der Waals surface area contributed by atoms with Gasteiger partial charge in [0, 0.05) is 0 Å². The first-order chi connectivity index (χ1) is 10.6. The summed E-state index contributed by atoms with van der Waals surface area (Å²) in [6, 6.07) is 13.6. The van der Waals surface area contributed by atoms with Crippen LogP contribution in [0.4, 0.5) is 0 Å². The van der Waals surface area contributed by atoms with Gasteiger partial charge in [-0.3, -0.25) is 0 Å². The Morgan fingerprint density at radius 2 is 1.35 bits per heavy atom. The zero-order chi connectivity index (χ0) is 17.3. The van der Waals surface area contributed by atoms with Crippen molar-refractivity contribution in [3.8, 4) is 5.75 Å². The average molecular weight is 314 g/mol. The molecule has 2 aromatic rings. The van der Waals surface area contributed by atoms with Crippen molar-refractivity contribution in [3.63, 3.8) is 0 Å². The van der Waals surface area contributed by atoms with E-state index in [0.717, 1.165) is 0 Å². The average Bonchev–Trinajstić information content (AvgIpc) is 2.46. The molecule has 2 aromatic carbocycles. The van der Waals surface area contributed by atoms with Crippen LogP contribution >= 0.6 is 0 Å². The van der Waals surface area contributed by atoms with Gasteiger partial charge in [0.2, 0.25) is 0 Å². The van der Waals surface area contributed by atoms with Crippen molar-refractivity contribution in [1.29, 1.82) is 0 Å². The van der Waals surface area contributed by atoms with Crippen LogP contribution in [0.1, 0.15) is 49.2 Å². The van der Waals surface area contributed by atoms with E-state index in [2.05, 4.69) is 0 Å². The molecule has 0 aliphatic heterocycles. The molecule has 0 saturated heterocycles. The number of hydrogen-bond acceptors (Lipinski definition) is 4. The monoisotopic (exact) mass is 314 g/mol. The first-order valence-electron chi connectivity index (χ1n) is 7.45. The highest BCUT2D eigenvalue weighted by Crippen LogP contribution is 2.31. The summed E-state index contributed by atoms with van der Waals surface area (Å²) in [5.41, 5.74) is -0.670. The molecule has 0 atom stereocenters. The molecule has 4 nitrogen and oxygen atoms in total. The highest BCUT2D eigenvalue weighted by Gasteiger charge is 2.24. The molecule has 0 aliphatic carbocycles. The van der Waals surface area contributed by atoms with Gasteiger partial charge in [0.1, 0.15) is 5.75 Å². The lowest BCUT2D eigenvalue weighted by atomic mass is 9.90. The van der Waals surface area contributed by atoms with Crippen molar-refractivity contribution < 1.29 is 19.7 Å². The molecule has 23 heavy (non-hydrogen) atoms. The fourth-order valence-corrected chi connectivity index (χ4v) is 2.10. The van der Waals surface area contributed by atoms with Crippen molar-refractivity contribution >= 4 is 5.97 Å². The third kappa shape index (κ3) is 4.41. The van der Waals surface area contributed by atoms with E-state index in [-0.39, 0.29) is 5.75 Å². The summed E-state index contributed by atoms with van der Waals surface area (Å²) in [6.07, 6.45) is 0. The second-order valence-corrected chi connectivity index (χ2v) is 6.62. The summed E-state index contributed by atoms with van der Waals surface area (Å²) in [6.45, 7) is 6.55. The van der Waals surface area contributed by atoms with E-state index in [9.17, 15) is 15.0 Å². The predicted octanol–water partition coefficient (Wildman–Crippen LogP) is 3.36. The van der Waals surface area contributed by atoms with Crippen LogP contribution in [0, 0.1) is 0 Å². The fourth-order valence-electron chi connectivity index (χ4n) is 2.10. The smallest absolute Gasteiger partial charge is 0.343 e. The van der Waals surface area contributed by atoms with Gasteiger partial charge < -0.3 is 14.9 Å². The molecule has 0 unspecified atom stereocenters. The van der Waals surface area contributed by atoms with E-state index in [1.807, 2.05) is 6.07 Å². The first kappa shape index (κ1) is 17.2. The highest BCUT2D eigenvalue weighted by atomic mass is 16.5. The number of aliphatic hydroxyl groups is 2. The molecule has 0 amide bonds. The Morgan fingerprint density at radius 3 is 1.78 bits per heavy atom. The SMILES string of the molecule is CC(C)(O)c1cc(OC(=O)c2ccccc2)cc(C(C)(C)O)c1. The molecule has 0 spiro atoms. The lowest BCUT2D eigenvalue weighted by Crippen LogP contribution is -2.21. The van der Waals surface area contributed by atoms with Gasteiger partial charge in [-0.1, -0.05) is 18.2 Å². The first-order valence-corrected chi connectivity index (χ1v) is 7.45. The van der Waals surface area contributed by atoms with Crippen molar-refractivity contribution in [1.82, 2.24) is 0 Å². The fraction of sp³-hybridized carbons (Fsp3) is 0.316. The van der Waals surface area contributed by atoms with Gasteiger partial charge in [0.05, 0.1) is 16.8 Å². The quantitative estimate of drug-likeness (QED) is 0.671. The van der Waals surface area contributed by atoms with Crippen molar-refractivity contribution in [3.05, 3.63) is 65.2 Å². The van der Waals surface area contributed by atoms with Gasteiger partial charge in [0.25, 0.3) is 0 Å². The van der Waals surface area contributed by atoms with Gasteiger partial charge in [-0.25, -0.2) is 4.79 Å². The summed E-state index contributed by atoms with van der Waals surface area (Å²) < 4.78 is 5.41. The molecule has 0 bridgehead atoms. The Hall–Kier alpha value is -2.17. The molecule has 0 aromatic heterocycles. The van der Waals surface area contributed by atoms with E-state index < -0.39 is 17.2 Å². The minimum atomic E-state index is -1.12. The minimum Gasteiger partial charge on any atom is -0.423 e. The van der Waals surface area contributed by atoms with Crippen LogP contribution in [0.3, 0.4) is 0 Å². The number of carbonyl (C=O) groups excluding carboxylic acids is 1. The Morgan fingerprint density at radius 1 is 0.870 bits per heavy atom. The van der Waals surface area contributed by atoms with E-state index >= 15 is 0 Å². The van der Waals surface area contributed by atoms with Gasteiger partial charge in [-0.15, -0.1) is 0 Å². The molecule has 0 radical (unpaired) electrons. The number of esters is 1. The van der Waals surface area contributed by atoms with Gasteiger partial charge >= 0.3 is 5.97 Å². The Labute approximate surface area is 136 Å². The maximum Gasteiger partial charge on any atom is 0.343 e. The van der Waals surface area contributed by atoms with Gasteiger partial charge in [-0.05, 0) is 69.2 Å². The van der Waals surface area contributed by atoms with Crippen LogP contribution in [0.5, 0.6) is 5.75 Å². The standard InChI is InChI=1S/C19H22O4/c1-18(2,21)14-10-15(19(3,4)22)12-16(11-14)23-17(20)13-8-6-5-7-9-13/h5-12,21-22H,1-4H3. The molecular weight excluding hydrogens is 292 g/mol.